The predicted molar refractivity (Wildman–Crippen MR) is 45.9 cm³/mol. The largest absolute Gasteiger partial charge is 0.0775 e. The minimum absolute atomic E-state index is 1.12. The highest BCUT2D eigenvalue weighted by atomic mass is 14.0. The molecule has 0 radical (unpaired) electrons. The Morgan fingerprint density at radius 3 is 2.50 bits per heavy atom. The number of allylic oxidation sites excluding steroid dienone is 6. The molecule has 0 bridgehead atoms. The first kappa shape index (κ1) is 7.33. The van der Waals surface area contributed by atoms with E-state index in [0.717, 1.165) is 6.42 Å². The molecule has 0 aliphatic heterocycles. The van der Waals surface area contributed by atoms with Crippen LogP contribution in [0.25, 0.3) is 0 Å². The normalized spacial score (nSPS) is 18.9. The van der Waals surface area contributed by atoms with Crippen LogP contribution in [0.2, 0.25) is 0 Å². The Labute approximate surface area is 62.9 Å². The monoisotopic (exact) mass is 134 g/mol. The molecule has 1 rings (SSSR count). The van der Waals surface area contributed by atoms with Crippen LogP contribution in [0.4, 0.5) is 0 Å². The molecule has 0 spiro atoms. The molecule has 0 aromatic heterocycles. The lowest BCUT2D eigenvalue weighted by molar-refractivity contribution is 1.16. The van der Waals surface area contributed by atoms with Crippen molar-refractivity contribution in [3.8, 4) is 0 Å². The van der Waals surface area contributed by atoms with E-state index in [4.69, 9.17) is 0 Å². The molecule has 0 aromatic rings. The summed E-state index contributed by atoms with van der Waals surface area (Å²) in [5.74, 6) is 0. The maximum absolute atomic E-state index is 2.27. The second-order valence-electron chi connectivity index (χ2n) is 2.95. The molecule has 10 heavy (non-hydrogen) atoms. The molecule has 0 heterocycles. The van der Waals surface area contributed by atoms with E-state index in [1.807, 2.05) is 0 Å². The van der Waals surface area contributed by atoms with Crippen molar-refractivity contribution in [3.63, 3.8) is 0 Å². The highest BCUT2D eigenvalue weighted by molar-refractivity contribution is 5.33. The molecule has 1 aliphatic rings. The Hall–Kier alpha value is -0.780. The van der Waals surface area contributed by atoms with Gasteiger partial charge in [-0.2, -0.15) is 0 Å². The van der Waals surface area contributed by atoms with Crippen molar-refractivity contribution in [1.82, 2.24) is 0 Å². The van der Waals surface area contributed by atoms with Gasteiger partial charge in [-0.1, -0.05) is 34.9 Å². The fourth-order valence-corrected chi connectivity index (χ4v) is 0.942. The summed E-state index contributed by atoms with van der Waals surface area (Å²) in [5, 5.41) is 0. The summed E-state index contributed by atoms with van der Waals surface area (Å²) in [6.45, 7) is 6.50. The van der Waals surface area contributed by atoms with Crippen LogP contribution in [-0.4, -0.2) is 0 Å². The average molecular weight is 134 g/mol. The zero-order valence-corrected chi connectivity index (χ0v) is 6.94. The average Bonchev–Trinajstić information content (AvgIpc) is 2.04. The molecule has 0 saturated heterocycles. The van der Waals surface area contributed by atoms with E-state index in [2.05, 4.69) is 39.0 Å². The van der Waals surface area contributed by atoms with Gasteiger partial charge in [-0.25, -0.2) is 0 Å². The number of rotatable bonds is 0. The molecule has 0 amide bonds. The van der Waals surface area contributed by atoms with Gasteiger partial charge in [-0.3, -0.25) is 0 Å². The standard InChI is InChI=1S/C10H14/c1-8-4-6-9(2)10(3)7-5-8/h4-6H,7H2,1-3H3. The molecular weight excluding hydrogens is 120 g/mol. The molecule has 0 saturated carbocycles. The van der Waals surface area contributed by atoms with Gasteiger partial charge in [0.2, 0.25) is 0 Å². The van der Waals surface area contributed by atoms with Gasteiger partial charge >= 0.3 is 0 Å². The van der Waals surface area contributed by atoms with Crippen LogP contribution >= 0.6 is 0 Å². The van der Waals surface area contributed by atoms with E-state index in [9.17, 15) is 0 Å². The van der Waals surface area contributed by atoms with Crippen LogP contribution in [0.3, 0.4) is 0 Å². The van der Waals surface area contributed by atoms with Crippen molar-refractivity contribution in [3.05, 3.63) is 34.9 Å². The lowest BCUT2D eigenvalue weighted by Crippen LogP contribution is -1.75. The molecule has 0 fully saturated rings. The Kier molecular flexibility index (Phi) is 2.10. The first-order valence-corrected chi connectivity index (χ1v) is 3.71. The second-order valence-corrected chi connectivity index (χ2v) is 2.95. The Bertz CT molecular complexity index is 214. The van der Waals surface area contributed by atoms with Gasteiger partial charge in [0, 0.05) is 0 Å². The minimum atomic E-state index is 1.12. The van der Waals surface area contributed by atoms with E-state index in [1.165, 1.54) is 16.7 Å². The van der Waals surface area contributed by atoms with Crippen molar-refractivity contribution < 1.29 is 0 Å². The van der Waals surface area contributed by atoms with Crippen LogP contribution in [0.5, 0.6) is 0 Å². The fourth-order valence-electron chi connectivity index (χ4n) is 0.942. The first-order valence-electron chi connectivity index (χ1n) is 3.71. The van der Waals surface area contributed by atoms with Gasteiger partial charge in [0.25, 0.3) is 0 Å². The summed E-state index contributed by atoms with van der Waals surface area (Å²) in [6, 6.07) is 0. The van der Waals surface area contributed by atoms with Crippen LogP contribution in [0.15, 0.2) is 34.9 Å². The highest BCUT2D eigenvalue weighted by Crippen LogP contribution is 2.15. The topological polar surface area (TPSA) is 0 Å². The third-order valence-corrected chi connectivity index (χ3v) is 2.00. The molecule has 0 N–H and O–H groups in total. The van der Waals surface area contributed by atoms with E-state index >= 15 is 0 Å². The first-order chi connectivity index (χ1) is 4.70. The van der Waals surface area contributed by atoms with Crippen molar-refractivity contribution in [2.45, 2.75) is 27.2 Å². The summed E-state index contributed by atoms with van der Waals surface area (Å²) < 4.78 is 0. The van der Waals surface area contributed by atoms with E-state index in [-0.39, 0.29) is 0 Å². The fraction of sp³-hybridized carbons (Fsp3) is 0.400. The molecule has 1 aliphatic carbocycles. The molecule has 54 valence electrons. The summed E-state index contributed by atoms with van der Waals surface area (Å²) in [5.41, 5.74) is 4.26. The Balaban J connectivity index is 2.89. The molecular formula is C10H14. The summed E-state index contributed by atoms with van der Waals surface area (Å²) in [4.78, 5) is 0. The van der Waals surface area contributed by atoms with Crippen molar-refractivity contribution in [2.24, 2.45) is 0 Å². The quantitative estimate of drug-likeness (QED) is 0.477. The lowest BCUT2D eigenvalue weighted by Gasteiger charge is -1.96. The second kappa shape index (κ2) is 2.87. The van der Waals surface area contributed by atoms with Gasteiger partial charge in [-0.05, 0) is 27.2 Å². The zero-order chi connectivity index (χ0) is 7.56. The van der Waals surface area contributed by atoms with Crippen LogP contribution < -0.4 is 0 Å². The van der Waals surface area contributed by atoms with Crippen LogP contribution in [0.1, 0.15) is 27.2 Å². The van der Waals surface area contributed by atoms with Gasteiger partial charge in [0.1, 0.15) is 0 Å². The zero-order valence-electron chi connectivity index (χ0n) is 6.94. The summed E-state index contributed by atoms with van der Waals surface area (Å²) >= 11 is 0. The molecule has 0 unspecified atom stereocenters. The molecule has 0 aromatic carbocycles. The van der Waals surface area contributed by atoms with E-state index < -0.39 is 0 Å². The lowest BCUT2D eigenvalue weighted by atomic mass is 10.1. The van der Waals surface area contributed by atoms with Gasteiger partial charge < -0.3 is 0 Å². The Morgan fingerprint density at radius 1 is 1.10 bits per heavy atom. The maximum Gasteiger partial charge on any atom is -0.0130 e. The van der Waals surface area contributed by atoms with Crippen molar-refractivity contribution in [1.29, 1.82) is 0 Å². The minimum Gasteiger partial charge on any atom is -0.0775 e. The summed E-state index contributed by atoms with van der Waals surface area (Å²) in [6.07, 6.45) is 7.74. The van der Waals surface area contributed by atoms with Gasteiger partial charge in [0.15, 0.2) is 0 Å². The van der Waals surface area contributed by atoms with Crippen molar-refractivity contribution >= 4 is 0 Å². The van der Waals surface area contributed by atoms with E-state index in [0.29, 0.717) is 0 Å². The molecule has 0 atom stereocenters. The van der Waals surface area contributed by atoms with E-state index in [1.54, 1.807) is 0 Å². The SMILES string of the molecule is CC1=CCC(C)=C(C)C=C1. The third-order valence-electron chi connectivity index (χ3n) is 2.00. The van der Waals surface area contributed by atoms with Gasteiger partial charge in [0.05, 0.1) is 0 Å². The van der Waals surface area contributed by atoms with Crippen molar-refractivity contribution in [2.75, 3.05) is 0 Å². The summed E-state index contributed by atoms with van der Waals surface area (Å²) in [7, 11) is 0. The smallest absolute Gasteiger partial charge is 0.0130 e. The number of hydrogen-bond acceptors (Lipinski definition) is 0. The number of hydrogen-bond donors (Lipinski definition) is 0. The third kappa shape index (κ3) is 1.60. The van der Waals surface area contributed by atoms with Crippen LogP contribution in [0, 0.1) is 0 Å². The highest BCUT2D eigenvalue weighted by Gasteiger charge is 1.95. The maximum atomic E-state index is 2.27. The molecule has 0 nitrogen and oxygen atoms in total. The van der Waals surface area contributed by atoms with Crippen LogP contribution in [-0.2, 0) is 0 Å². The Morgan fingerprint density at radius 2 is 1.80 bits per heavy atom. The van der Waals surface area contributed by atoms with Gasteiger partial charge in [-0.15, -0.1) is 0 Å². The molecule has 0 heteroatoms. The predicted octanol–water partition coefficient (Wildman–Crippen LogP) is 3.23.